The molecule has 1 aromatic carbocycles. The number of hydrogen-bond acceptors (Lipinski definition) is 7. The van der Waals surface area contributed by atoms with Crippen LogP contribution in [-0.2, 0) is 0 Å². The maximum Gasteiger partial charge on any atom is 0.334 e. The molecule has 0 saturated heterocycles. The molecule has 3 aromatic rings. The number of benzene rings is 1. The number of aromatic nitrogens is 2. The first-order valence-electron chi connectivity index (χ1n) is 11.1. The van der Waals surface area contributed by atoms with Gasteiger partial charge in [0.15, 0.2) is 11.6 Å². The lowest BCUT2D eigenvalue weighted by Crippen LogP contribution is -2.41. The largest absolute Gasteiger partial charge is 0.395 e. The number of nitrogens with one attached hydrogen (secondary N) is 2. The van der Waals surface area contributed by atoms with Crippen LogP contribution in [0.4, 0.5) is 40.8 Å². The van der Waals surface area contributed by atoms with Crippen LogP contribution in [0.1, 0.15) is 12.6 Å². The van der Waals surface area contributed by atoms with Crippen LogP contribution in [0.25, 0.3) is 11.1 Å². The summed E-state index contributed by atoms with van der Waals surface area (Å²) in [5.74, 6) is -2.65. The van der Waals surface area contributed by atoms with Crippen LogP contribution in [0.15, 0.2) is 36.7 Å². The molecule has 4 rings (SSSR count). The molecule has 0 saturated carbocycles. The van der Waals surface area contributed by atoms with E-state index < -0.39 is 29.2 Å². The van der Waals surface area contributed by atoms with E-state index in [2.05, 4.69) is 20.6 Å². The average molecular weight is 497 g/mol. The van der Waals surface area contributed by atoms with Gasteiger partial charge in [0.2, 0.25) is 0 Å². The molecule has 12 heteroatoms. The number of carbonyl (C=O) groups excluding carboxylic acids is 1. The minimum Gasteiger partial charge on any atom is -0.395 e. The van der Waals surface area contributed by atoms with Crippen molar-refractivity contribution in [2.45, 2.75) is 6.92 Å². The highest BCUT2D eigenvalue weighted by Crippen LogP contribution is 2.44. The summed E-state index contributed by atoms with van der Waals surface area (Å²) in [5.41, 5.74) is -0.286. The van der Waals surface area contributed by atoms with Crippen molar-refractivity contribution >= 4 is 28.9 Å². The zero-order valence-electron chi connectivity index (χ0n) is 19.2. The molecular formula is C24H22F3N7O2. The Morgan fingerprint density at radius 1 is 1.03 bits per heavy atom. The Bertz CT molecular complexity index is 1320. The molecule has 36 heavy (non-hydrogen) atoms. The van der Waals surface area contributed by atoms with E-state index in [0.29, 0.717) is 19.6 Å². The molecule has 186 valence electrons. The highest BCUT2D eigenvalue weighted by Gasteiger charge is 2.36. The molecule has 1 aliphatic heterocycles. The number of pyridine rings is 2. The summed E-state index contributed by atoms with van der Waals surface area (Å²) in [6.45, 7) is 2.83. The summed E-state index contributed by atoms with van der Waals surface area (Å²) < 4.78 is 45.0. The number of nitriles is 1. The van der Waals surface area contributed by atoms with Gasteiger partial charge in [-0.15, -0.1) is 0 Å². The van der Waals surface area contributed by atoms with Gasteiger partial charge in [0.25, 0.3) is 0 Å². The number of rotatable bonds is 8. The van der Waals surface area contributed by atoms with E-state index in [9.17, 15) is 14.4 Å². The van der Waals surface area contributed by atoms with Crippen LogP contribution >= 0.6 is 0 Å². The monoisotopic (exact) mass is 497 g/mol. The maximum absolute atomic E-state index is 15.4. The van der Waals surface area contributed by atoms with Crippen molar-refractivity contribution < 1.29 is 23.1 Å². The minimum absolute atomic E-state index is 0.0346. The molecule has 1 aliphatic rings. The number of urea groups is 1. The predicted molar refractivity (Wildman–Crippen MR) is 127 cm³/mol. The number of anilines is 4. The van der Waals surface area contributed by atoms with Gasteiger partial charge in [-0.25, -0.2) is 27.9 Å². The standard InChI is InChI=1S/C24H22F3N7O2/c1-2-33-23-17(7-14(25)12-32-23)18-13-31-16(11-28)10-21(18)34(24(33)36)22-19(26)8-15(9-20(22)27)30-4-3-29-5-6-35/h7-10,12-13,29-30,35H,2-6H2,1H3. The molecule has 0 fully saturated rings. The van der Waals surface area contributed by atoms with E-state index in [1.807, 2.05) is 6.07 Å². The van der Waals surface area contributed by atoms with Crippen LogP contribution < -0.4 is 20.4 Å². The molecule has 2 amide bonds. The Morgan fingerprint density at radius 2 is 1.78 bits per heavy atom. The minimum atomic E-state index is -1.03. The molecule has 0 unspecified atom stereocenters. The second-order valence-corrected chi connectivity index (χ2v) is 7.77. The molecular weight excluding hydrogens is 475 g/mol. The first kappa shape index (κ1) is 24.9. The fourth-order valence-corrected chi connectivity index (χ4v) is 3.94. The lowest BCUT2D eigenvalue weighted by atomic mass is 10.0. The van der Waals surface area contributed by atoms with Crippen LogP contribution in [-0.4, -0.2) is 53.9 Å². The lowest BCUT2D eigenvalue weighted by molar-refractivity contribution is 0.253. The fourth-order valence-electron chi connectivity index (χ4n) is 3.94. The first-order valence-corrected chi connectivity index (χ1v) is 11.1. The highest BCUT2D eigenvalue weighted by molar-refractivity contribution is 6.14. The molecule has 0 spiro atoms. The van der Waals surface area contributed by atoms with Crippen molar-refractivity contribution in [1.29, 1.82) is 5.26 Å². The Hall–Kier alpha value is -4.21. The van der Waals surface area contributed by atoms with Crippen LogP contribution in [0.2, 0.25) is 0 Å². The maximum atomic E-state index is 15.4. The Kier molecular flexibility index (Phi) is 7.33. The van der Waals surface area contributed by atoms with E-state index in [-0.39, 0.29) is 47.2 Å². The van der Waals surface area contributed by atoms with Crippen LogP contribution in [0.5, 0.6) is 0 Å². The number of hydrogen-bond donors (Lipinski definition) is 3. The Labute approximate surface area is 204 Å². The molecule has 9 nitrogen and oxygen atoms in total. The number of aliphatic hydroxyl groups excluding tert-OH is 1. The third kappa shape index (κ3) is 4.66. The van der Waals surface area contributed by atoms with E-state index in [1.54, 1.807) is 6.92 Å². The second kappa shape index (κ2) is 10.6. The van der Waals surface area contributed by atoms with Gasteiger partial charge < -0.3 is 15.7 Å². The highest BCUT2D eigenvalue weighted by atomic mass is 19.1. The number of nitrogens with zero attached hydrogens (tertiary/aromatic N) is 5. The molecule has 0 atom stereocenters. The number of carbonyl (C=O) groups is 1. The number of fused-ring (bicyclic) bond motifs is 3. The van der Waals surface area contributed by atoms with E-state index in [1.165, 1.54) is 17.2 Å². The summed E-state index contributed by atoms with van der Waals surface area (Å²) in [7, 11) is 0. The Morgan fingerprint density at radius 3 is 2.44 bits per heavy atom. The number of amides is 2. The quantitative estimate of drug-likeness (QED) is 0.408. The van der Waals surface area contributed by atoms with Gasteiger partial charge in [0.1, 0.15) is 29.1 Å². The molecule has 0 aliphatic carbocycles. The summed E-state index contributed by atoms with van der Waals surface area (Å²) in [6, 6.07) is 5.49. The van der Waals surface area contributed by atoms with E-state index in [0.717, 1.165) is 29.3 Å². The zero-order chi connectivity index (χ0) is 25.8. The van der Waals surface area contributed by atoms with Crippen LogP contribution in [0, 0.1) is 28.8 Å². The molecule has 0 bridgehead atoms. The summed E-state index contributed by atoms with van der Waals surface area (Å²) >= 11 is 0. The SMILES string of the molecule is CCN1C(=O)N(c2c(F)cc(NCCNCCO)cc2F)c2cc(C#N)ncc2-c2cc(F)cnc21. The van der Waals surface area contributed by atoms with Gasteiger partial charge in [-0.1, -0.05) is 0 Å². The summed E-state index contributed by atoms with van der Waals surface area (Å²) in [4.78, 5) is 23.7. The number of aliphatic hydroxyl groups is 1. The van der Waals surface area contributed by atoms with Crippen molar-refractivity contribution in [3.05, 3.63) is 59.8 Å². The lowest BCUT2D eigenvalue weighted by Gasteiger charge is -2.28. The van der Waals surface area contributed by atoms with Gasteiger partial charge >= 0.3 is 6.03 Å². The van der Waals surface area contributed by atoms with Gasteiger partial charge in [0.05, 0.1) is 18.5 Å². The van der Waals surface area contributed by atoms with Crippen LogP contribution in [0.3, 0.4) is 0 Å². The van der Waals surface area contributed by atoms with Crippen molar-refractivity contribution in [1.82, 2.24) is 15.3 Å². The molecule has 3 N–H and O–H groups in total. The van der Waals surface area contributed by atoms with Crippen molar-refractivity contribution in [2.24, 2.45) is 0 Å². The van der Waals surface area contributed by atoms with Gasteiger partial charge in [-0.05, 0) is 31.2 Å². The third-order valence-corrected chi connectivity index (χ3v) is 5.52. The molecule has 0 radical (unpaired) electrons. The topological polar surface area (TPSA) is 117 Å². The van der Waals surface area contributed by atoms with Crippen molar-refractivity contribution in [2.75, 3.05) is 47.9 Å². The van der Waals surface area contributed by atoms with Crippen molar-refractivity contribution in [3.63, 3.8) is 0 Å². The van der Waals surface area contributed by atoms with E-state index >= 15 is 8.78 Å². The Balaban J connectivity index is 1.84. The summed E-state index contributed by atoms with van der Waals surface area (Å²) in [6.07, 6.45) is 2.19. The normalized spacial score (nSPS) is 12.6. The van der Waals surface area contributed by atoms with Gasteiger partial charge in [0, 0.05) is 49.2 Å². The second-order valence-electron chi connectivity index (χ2n) is 7.77. The average Bonchev–Trinajstić information content (AvgIpc) is 2.95. The summed E-state index contributed by atoms with van der Waals surface area (Å²) in [5, 5.41) is 24.0. The van der Waals surface area contributed by atoms with Gasteiger partial charge in [-0.2, -0.15) is 5.26 Å². The fraction of sp³-hybridized carbons (Fsp3) is 0.250. The number of halogens is 3. The predicted octanol–water partition coefficient (Wildman–Crippen LogP) is 3.52. The first-order chi connectivity index (χ1) is 17.4. The smallest absolute Gasteiger partial charge is 0.334 e. The molecule has 2 aromatic heterocycles. The third-order valence-electron chi connectivity index (χ3n) is 5.52. The molecule has 3 heterocycles. The van der Waals surface area contributed by atoms with Crippen molar-refractivity contribution in [3.8, 4) is 17.2 Å². The zero-order valence-corrected chi connectivity index (χ0v) is 19.2. The van der Waals surface area contributed by atoms with E-state index in [4.69, 9.17) is 5.11 Å². The van der Waals surface area contributed by atoms with Gasteiger partial charge in [-0.3, -0.25) is 9.80 Å².